The molecule has 1 aromatic heterocycles. The first kappa shape index (κ1) is 21.6. The van der Waals surface area contributed by atoms with Crippen LogP contribution in [-0.4, -0.2) is 19.4 Å². The molecule has 10 heteroatoms. The molecular formula is C20H15Cl2N5O2S. The average Bonchev–Trinajstić information content (AvgIpc) is 2.75. The van der Waals surface area contributed by atoms with Crippen LogP contribution in [0.2, 0.25) is 10.0 Å². The highest BCUT2D eigenvalue weighted by molar-refractivity contribution is 7.91. The van der Waals surface area contributed by atoms with Crippen LogP contribution < -0.4 is 10.6 Å². The van der Waals surface area contributed by atoms with Gasteiger partial charge in [0.2, 0.25) is 15.8 Å². The Bertz CT molecular complexity index is 1210. The Labute approximate surface area is 183 Å². The first-order valence-corrected chi connectivity index (χ1v) is 10.8. The molecule has 0 aliphatic heterocycles. The maximum atomic E-state index is 12.8. The van der Waals surface area contributed by atoms with Crippen LogP contribution in [0, 0.1) is 11.5 Å². The van der Waals surface area contributed by atoms with Crippen LogP contribution in [0.15, 0.2) is 81.8 Å². The first-order chi connectivity index (χ1) is 14.4. The fourth-order valence-electron chi connectivity index (χ4n) is 2.46. The Balaban J connectivity index is 1.76. The topological polar surface area (TPSA) is 107 Å². The van der Waals surface area contributed by atoms with E-state index in [0.29, 0.717) is 0 Å². The molecule has 0 atom stereocenters. The second-order valence-corrected chi connectivity index (χ2v) is 8.75. The predicted molar refractivity (Wildman–Crippen MR) is 116 cm³/mol. The minimum atomic E-state index is -3.73. The van der Waals surface area contributed by atoms with Crippen molar-refractivity contribution in [1.82, 2.24) is 10.3 Å². The van der Waals surface area contributed by atoms with E-state index in [1.165, 1.54) is 30.3 Å². The van der Waals surface area contributed by atoms with Gasteiger partial charge in [0.25, 0.3) is 0 Å². The predicted octanol–water partition coefficient (Wildman–Crippen LogP) is 4.26. The number of nitriles is 1. The highest BCUT2D eigenvalue weighted by Gasteiger charge is 2.18. The van der Waals surface area contributed by atoms with Crippen LogP contribution in [0.4, 0.5) is 5.69 Å². The number of benzene rings is 2. The molecule has 152 valence electrons. The van der Waals surface area contributed by atoms with E-state index in [-0.39, 0.29) is 32.3 Å². The summed E-state index contributed by atoms with van der Waals surface area (Å²) in [6, 6.07) is 13.9. The summed E-state index contributed by atoms with van der Waals surface area (Å²) in [4.78, 5) is 8.43. The number of aromatic nitrogens is 1. The quantitative estimate of drug-likeness (QED) is 0.255. The summed E-state index contributed by atoms with van der Waals surface area (Å²) in [6.45, 7) is 0.231. The normalized spacial score (nSPS) is 11.6. The van der Waals surface area contributed by atoms with Crippen molar-refractivity contribution in [1.29, 1.82) is 5.26 Å². The van der Waals surface area contributed by atoms with E-state index >= 15 is 0 Å². The molecule has 0 unspecified atom stereocenters. The van der Waals surface area contributed by atoms with Crippen molar-refractivity contribution in [2.45, 2.75) is 16.3 Å². The van der Waals surface area contributed by atoms with Crippen LogP contribution >= 0.6 is 23.2 Å². The molecule has 0 radical (unpaired) electrons. The van der Waals surface area contributed by atoms with Gasteiger partial charge in [-0.1, -0.05) is 35.3 Å². The van der Waals surface area contributed by atoms with Gasteiger partial charge in [-0.25, -0.2) is 13.4 Å². The standard InChI is InChI=1S/C20H15Cl2N5O2S/c21-18-6-5-17(11-19(18)22)30(28,29)16-3-1-14(2-4-16)12-25-20(26-13-23)27-15-7-9-24-10-8-15/h1-11H,12H2,(H2,24,25,26,27). The molecule has 0 saturated heterocycles. The van der Waals surface area contributed by atoms with Crippen LogP contribution in [0.3, 0.4) is 0 Å². The maximum Gasteiger partial charge on any atom is 0.209 e. The number of sulfone groups is 1. The van der Waals surface area contributed by atoms with Crippen LogP contribution in [0.1, 0.15) is 5.56 Å². The second-order valence-electron chi connectivity index (χ2n) is 5.99. The van der Waals surface area contributed by atoms with Gasteiger partial charge in [0, 0.05) is 18.1 Å². The van der Waals surface area contributed by atoms with Gasteiger partial charge in [0.05, 0.1) is 26.4 Å². The van der Waals surface area contributed by atoms with Crippen molar-refractivity contribution in [2.75, 3.05) is 5.32 Å². The summed E-state index contributed by atoms with van der Waals surface area (Å²) in [5.74, 6) is 0.260. The van der Waals surface area contributed by atoms with E-state index in [9.17, 15) is 8.42 Å². The first-order valence-electron chi connectivity index (χ1n) is 8.56. The number of hydrogen-bond donors (Lipinski definition) is 2. The number of aliphatic imine (C=N–C) groups is 1. The third-order valence-corrected chi connectivity index (χ3v) is 6.48. The SMILES string of the molecule is N#CNC(=NCc1ccc(S(=O)(=O)c2ccc(Cl)c(Cl)c2)cc1)Nc1ccncc1. The Morgan fingerprint density at radius 2 is 1.67 bits per heavy atom. The van der Waals surface area contributed by atoms with Gasteiger partial charge in [-0.05, 0) is 48.0 Å². The van der Waals surface area contributed by atoms with E-state index in [2.05, 4.69) is 20.6 Å². The zero-order valence-corrected chi connectivity index (χ0v) is 17.7. The van der Waals surface area contributed by atoms with Gasteiger partial charge in [0.15, 0.2) is 6.19 Å². The lowest BCUT2D eigenvalue weighted by Crippen LogP contribution is -2.26. The van der Waals surface area contributed by atoms with Crippen LogP contribution in [0.25, 0.3) is 0 Å². The number of rotatable bonds is 5. The number of guanidine groups is 1. The number of nitrogens with one attached hydrogen (secondary N) is 2. The maximum absolute atomic E-state index is 12.8. The van der Waals surface area contributed by atoms with Crippen LogP contribution in [0.5, 0.6) is 0 Å². The minimum absolute atomic E-state index is 0.0599. The fraction of sp³-hybridized carbons (Fsp3) is 0.0500. The Hall–Kier alpha value is -3.12. The van der Waals surface area contributed by atoms with Gasteiger partial charge in [-0.3, -0.25) is 10.3 Å². The molecule has 30 heavy (non-hydrogen) atoms. The van der Waals surface area contributed by atoms with Gasteiger partial charge < -0.3 is 5.32 Å². The van der Waals surface area contributed by atoms with Gasteiger partial charge in [-0.2, -0.15) is 5.26 Å². The summed E-state index contributed by atoms with van der Waals surface area (Å²) in [5.41, 5.74) is 1.48. The molecule has 0 aliphatic rings. The summed E-state index contributed by atoms with van der Waals surface area (Å²) in [6.07, 6.45) is 5.04. The molecule has 2 N–H and O–H groups in total. The second kappa shape index (κ2) is 9.59. The third kappa shape index (κ3) is 5.27. The molecular weight excluding hydrogens is 445 g/mol. The zero-order valence-electron chi connectivity index (χ0n) is 15.4. The van der Waals surface area contributed by atoms with Crippen molar-refractivity contribution in [3.05, 3.63) is 82.6 Å². The molecule has 7 nitrogen and oxygen atoms in total. The third-order valence-electron chi connectivity index (χ3n) is 3.97. The molecule has 3 aromatic rings. The molecule has 2 aromatic carbocycles. The summed E-state index contributed by atoms with van der Waals surface area (Å²) < 4.78 is 25.5. The van der Waals surface area contributed by atoms with Crippen molar-refractivity contribution in [2.24, 2.45) is 4.99 Å². The molecule has 0 amide bonds. The van der Waals surface area contributed by atoms with E-state index in [4.69, 9.17) is 28.5 Å². The molecule has 0 bridgehead atoms. The average molecular weight is 460 g/mol. The smallest absolute Gasteiger partial charge is 0.209 e. The molecule has 0 saturated carbocycles. The van der Waals surface area contributed by atoms with Crippen molar-refractivity contribution in [3.8, 4) is 6.19 Å². The van der Waals surface area contributed by atoms with E-state index < -0.39 is 9.84 Å². The highest BCUT2D eigenvalue weighted by Crippen LogP contribution is 2.28. The van der Waals surface area contributed by atoms with E-state index in [1.807, 2.05) is 6.19 Å². The van der Waals surface area contributed by atoms with Gasteiger partial charge in [0.1, 0.15) is 0 Å². The zero-order chi connectivity index (χ0) is 21.6. The Morgan fingerprint density at radius 3 is 2.30 bits per heavy atom. The van der Waals surface area contributed by atoms with Crippen LogP contribution in [-0.2, 0) is 16.4 Å². The lowest BCUT2D eigenvalue weighted by atomic mass is 10.2. The number of hydrogen-bond acceptors (Lipinski definition) is 5. The summed E-state index contributed by atoms with van der Waals surface area (Å²) >= 11 is 11.8. The lowest BCUT2D eigenvalue weighted by Gasteiger charge is -2.08. The summed E-state index contributed by atoms with van der Waals surface area (Å²) in [5, 5.41) is 14.8. The van der Waals surface area contributed by atoms with E-state index in [1.54, 1.807) is 36.7 Å². The highest BCUT2D eigenvalue weighted by atomic mass is 35.5. The lowest BCUT2D eigenvalue weighted by molar-refractivity contribution is 0.596. The number of pyridine rings is 1. The van der Waals surface area contributed by atoms with Gasteiger partial charge >= 0.3 is 0 Å². The van der Waals surface area contributed by atoms with Crippen molar-refractivity contribution < 1.29 is 8.42 Å². The molecule has 0 spiro atoms. The summed E-state index contributed by atoms with van der Waals surface area (Å²) in [7, 11) is -3.73. The largest absolute Gasteiger partial charge is 0.325 e. The molecule has 0 aliphatic carbocycles. The minimum Gasteiger partial charge on any atom is -0.325 e. The number of anilines is 1. The van der Waals surface area contributed by atoms with Gasteiger partial charge in [-0.15, -0.1) is 0 Å². The Kier molecular flexibility index (Phi) is 6.90. The molecule has 1 heterocycles. The Morgan fingerprint density at radius 1 is 1.00 bits per heavy atom. The molecule has 3 rings (SSSR count). The van der Waals surface area contributed by atoms with Crippen molar-refractivity contribution >= 4 is 44.7 Å². The van der Waals surface area contributed by atoms with Crippen molar-refractivity contribution in [3.63, 3.8) is 0 Å². The van der Waals surface area contributed by atoms with E-state index in [0.717, 1.165) is 11.3 Å². The number of nitrogens with zero attached hydrogens (tertiary/aromatic N) is 3. The number of halogens is 2. The monoisotopic (exact) mass is 459 g/mol. The fourth-order valence-corrected chi connectivity index (χ4v) is 4.11. The molecule has 0 fully saturated rings.